The zero-order chi connectivity index (χ0) is 13.8. The number of carboxylic acids is 1. The highest BCUT2D eigenvalue weighted by molar-refractivity contribution is 5.73. The smallest absolute Gasteiger partial charge is 0.323 e. The molecule has 0 saturated carbocycles. The van der Waals surface area contributed by atoms with E-state index < -0.39 is 17.8 Å². The molecule has 1 aromatic rings. The number of rotatable bonds is 3. The van der Waals surface area contributed by atoms with Gasteiger partial charge in [0.25, 0.3) is 0 Å². The third-order valence-corrected chi connectivity index (χ3v) is 3.06. The number of benzene rings is 1. The van der Waals surface area contributed by atoms with Crippen molar-refractivity contribution in [3.63, 3.8) is 0 Å². The van der Waals surface area contributed by atoms with Crippen LogP contribution in [0.3, 0.4) is 0 Å². The maximum absolute atomic E-state index is 13.2. The minimum Gasteiger partial charge on any atom is -0.480 e. The Kier molecular flexibility index (Phi) is 4.10. The summed E-state index contributed by atoms with van der Waals surface area (Å²) < 4.78 is 18.3. The second-order valence-electron chi connectivity index (χ2n) is 4.33. The first kappa shape index (κ1) is 13.5. The van der Waals surface area contributed by atoms with Crippen LogP contribution in [0.2, 0.25) is 0 Å². The highest BCUT2D eigenvalue weighted by Gasteiger charge is 2.29. The van der Waals surface area contributed by atoms with Crippen molar-refractivity contribution in [1.82, 2.24) is 4.90 Å². The number of morpholine rings is 1. The second kappa shape index (κ2) is 5.78. The van der Waals surface area contributed by atoms with E-state index >= 15 is 0 Å². The van der Waals surface area contributed by atoms with Crippen molar-refractivity contribution < 1.29 is 19.0 Å². The first-order chi connectivity index (χ1) is 9.11. The van der Waals surface area contributed by atoms with Crippen LogP contribution in [-0.4, -0.2) is 41.8 Å². The van der Waals surface area contributed by atoms with Gasteiger partial charge in [0.15, 0.2) is 0 Å². The highest BCUT2D eigenvalue weighted by atomic mass is 19.1. The van der Waals surface area contributed by atoms with Crippen LogP contribution in [0, 0.1) is 17.1 Å². The molecule has 0 aromatic heterocycles. The molecular weight excluding hydrogens is 251 g/mol. The van der Waals surface area contributed by atoms with Gasteiger partial charge in [-0.3, -0.25) is 9.69 Å². The molecule has 1 aromatic carbocycles. The van der Waals surface area contributed by atoms with Gasteiger partial charge in [-0.25, -0.2) is 4.39 Å². The van der Waals surface area contributed by atoms with Crippen molar-refractivity contribution in [2.24, 2.45) is 0 Å². The molecule has 0 aliphatic carbocycles. The van der Waals surface area contributed by atoms with Gasteiger partial charge in [-0.05, 0) is 17.7 Å². The van der Waals surface area contributed by atoms with E-state index in [-0.39, 0.29) is 12.2 Å². The van der Waals surface area contributed by atoms with Crippen LogP contribution in [0.4, 0.5) is 4.39 Å². The Morgan fingerprint density at radius 2 is 2.42 bits per heavy atom. The molecule has 1 atom stereocenters. The fourth-order valence-corrected chi connectivity index (χ4v) is 2.05. The second-order valence-corrected chi connectivity index (χ2v) is 4.33. The summed E-state index contributed by atoms with van der Waals surface area (Å²) in [5, 5.41) is 17.9. The average molecular weight is 264 g/mol. The maximum atomic E-state index is 13.2. The first-order valence-electron chi connectivity index (χ1n) is 5.85. The molecule has 1 N–H and O–H groups in total. The molecule has 1 heterocycles. The van der Waals surface area contributed by atoms with E-state index in [1.807, 2.05) is 0 Å². The number of carboxylic acid groups (broad SMARTS) is 1. The van der Waals surface area contributed by atoms with Crippen molar-refractivity contribution >= 4 is 5.97 Å². The van der Waals surface area contributed by atoms with Crippen molar-refractivity contribution in [3.05, 3.63) is 35.1 Å². The average Bonchev–Trinajstić information content (AvgIpc) is 2.41. The Bertz CT molecular complexity index is 527. The predicted octanol–water partition coefficient (Wildman–Crippen LogP) is 0.983. The number of carbonyl (C=O) groups is 1. The highest BCUT2D eigenvalue weighted by Crippen LogP contribution is 2.15. The molecule has 100 valence electrons. The van der Waals surface area contributed by atoms with Crippen LogP contribution in [0.25, 0.3) is 0 Å². The summed E-state index contributed by atoms with van der Waals surface area (Å²) >= 11 is 0. The van der Waals surface area contributed by atoms with E-state index in [1.54, 1.807) is 17.0 Å². The number of halogens is 1. The van der Waals surface area contributed by atoms with E-state index in [1.165, 1.54) is 12.1 Å². The zero-order valence-corrected chi connectivity index (χ0v) is 10.2. The summed E-state index contributed by atoms with van der Waals surface area (Å²) in [6.07, 6.45) is 0. The molecule has 19 heavy (non-hydrogen) atoms. The number of nitriles is 1. The first-order valence-corrected chi connectivity index (χ1v) is 5.85. The largest absolute Gasteiger partial charge is 0.480 e. The molecule has 1 fully saturated rings. The van der Waals surface area contributed by atoms with Crippen LogP contribution in [0.5, 0.6) is 0 Å². The summed E-state index contributed by atoms with van der Waals surface area (Å²) in [6.45, 7) is 1.46. The van der Waals surface area contributed by atoms with Crippen molar-refractivity contribution in [2.45, 2.75) is 12.6 Å². The predicted molar refractivity (Wildman–Crippen MR) is 63.8 cm³/mol. The third-order valence-electron chi connectivity index (χ3n) is 3.06. The molecule has 6 heteroatoms. The lowest BCUT2D eigenvalue weighted by Crippen LogP contribution is -2.49. The summed E-state index contributed by atoms with van der Waals surface area (Å²) in [5.74, 6) is -1.51. The van der Waals surface area contributed by atoms with E-state index in [0.29, 0.717) is 25.3 Å². The molecule has 0 bridgehead atoms. The summed E-state index contributed by atoms with van der Waals surface area (Å²) in [4.78, 5) is 12.8. The molecule has 5 nitrogen and oxygen atoms in total. The van der Waals surface area contributed by atoms with Crippen LogP contribution in [-0.2, 0) is 16.1 Å². The number of nitrogens with zero attached hydrogens (tertiary/aromatic N) is 2. The Balaban J connectivity index is 2.15. The molecule has 2 rings (SSSR count). The van der Waals surface area contributed by atoms with Crippen LogP contribution in [0.15, 0.2) is 18.2 Å². The van der Waals surface area contributed by atoms with Gasteiger partial charge in [0.05, 0.1) is 18.8 Å². The molecule has 1 unspecified atom stereocenters. The molecular formula is C13H13FN2O3. The van der Waals surface area contributed by atoms with E-state index in [4.69, 9.17) is 15.1 Å². The van der Waals surface area contributed by atoms with Gasteiger partial charge in [0.1, 0.15) is 17.9 Å². The number of hydrogen-bond donors (Lipinski definition) is 1. The molecule has 1 aliphatic rings. The molecule has 1 saturated heterocycles. The lowest BCUT2D eigenvalue weighted by Gasteiger charge is -2.32. The van der Waals surface area contributed by atoms with Crippen molar-refractivity contribution in [2.75, 3.05) is 19.8 Å². The summed E-state index contributed by atoms with van der Waals surface area (Å²) in [6, 6.07) is 5.30. The fourth-order valence-electron chi connectivity index (χ4n) is 2.05. The lowest BCUT2D eigenvalue weighted by molar-refractivity contribution is -0.150. The number of hydrogen-bond acceptors (Lipinski definition) is 4. The van der Waals surface area contributed by atoms with Gasteiger partial charge in [-0.15, -0.1) is 0 Å². The Hall–Kier alpha value is -1.97. The Morgan fingerprint density at radius 1 is 1.63 bits per heavy atom. The minimum atomic E-state index is -0.942. The lowest BCUT2D eigenvalue weighted by atomic mass is 10.1. The third kappa shape index (κ3) is 3.08. The van der Waals surface area contributed by atoms with Gasteiger partial charge >= 0.3 is 5.97 Å². The van der Waals surface area contributed by atoms with Gasteiger partial charge in [-0.1, -0.05) is 6.07 Å². The minimum absolute atomic E-state index is 0.0300. The quantitative estimate of drug-likeness (QED) is 0.881. The van der Waals surface area contributed by atoms with Crippen LogP contribution < -0.4 is 0 Å². The molecule has 1 aliphatic heterocycles. The SMILES string of the molecule is N#Cc1cc(CN2CCOCC2C(=O)O)ccc1F. The fraction of sp³-hybridized carbons (Fsp3) is 0.385. The van der Waals surface area contributed by atoms with Crippen LogP contribution in [0.1, 0.15) is 11.1 Å². The molecule has 0 amide bonds. The van der Waals surface area contributed by atoms with Gasteiger partial charge in [0, 0.05) is 13.1 Å². The monoisotopic (exact) mass is 264 g/mol. The zero-order valence-electron chi connectivity index (χ0n) is 10.2. The number of ether oxygens (including phenoxy) is 1. The van der Waals surface area contributed by atoms with Gasteiger partial charge in [0.2, 0.25) is 0 Å². The summed E-state index contributed by atoms with van der Waals surface area (Å²) in [5.41, 5.74) is 0.684. The van der Waals surface area contributed by atoms with Crippen molar-refractivity contribution in [1.29, 1.82) is 5.26 Å². The maximum Gasteiger partial charge on any atom is 0.323 e. The van der Waals surface area contributed by atoms with Crippen molar-refractivity contribution in [3.8, 4) is 6.07 Å². The number of aliphatic carboxylic acids is 1. The van der Waals surface area contributed by atoms with E-state index in [0.717, 1.165) is 0 Å². The standard InChI is InChI=1S/C13H13FN2O3/c14-11-2-1-9(5-10(11)6-15)7-16-3-4-19-8-12(16)13(17)18/h1-2,5,12H,3-4,7-8H2,(H,17,18). The topological polar surface area (TPSA) is 73.6 Å². The van der Waals surface area contributed by atoms with Gasteiger partial charge < -0.3 is 9.84 Å². The van der Waals surface area contributed by atoms with Crippen LogP contribution >= 0.6 is 0 Å². The normalized spacial score (nSPS) is 19.9. The Labute approximate surface area is 109 Å². The molecule has 0 spiro atoms. The van der Waals surface area contributed by atoms with E-state index in [9.17, 15) is 9.18 Å². The van der Waals surface area contributed by atoms with E-state index in [2.05, 4.69) is 0 Å². The van der Waals surface area contributed by atoms with Gasteiger partial charge in [-0.2, -0.15) is 5.26 Å². The Morgan fingerprint density at radius 3 is 3.11 bits per heavy atom. The molecule has 0 radical (unpaired) electrons. The summed E-state index contributed by atoms with van der Waals surface area (Å²) in [7, 11) is 0.